The van der Waals surface area contributed by atoms with E-state index in [2.05, 4.69) is 36.5 Å². The fourth-order valence-corrected chi connectivity index (χ4v) is 11.6. The second-order valence-electron chi connectivity index (χ2n) is 19.4. The van der Waals surface area contributed by atoms with Crippen LogP contribution >= 0.6 is 0 Å². The molecule has 7 fully saturated rings. The van der Waals surface area contributed by atoms with E-state index in [-0.39, 0.29) is 49.0 Å². The van der Waals surface area contributed by atoms with Crippen molar-refractivity contribution in [2.75, 3.05) is 60.9 Å². The molecule has 5 saturated heterocycles. The number of anilines is 3. The SMILES string of the molecule is N#Cc1cnn2cc(-c3cnn([C@H]4CC[C@H](N5CCN(c6c(F)cc(NC7CCC(=O)NC7=O)cc6F)CC5)CC4)c3)nc(-c3ccc(N4CC5CC(C4)N5CC4CCC(F)(F)CC4)nc3)c12. The van der Waals surface area contributed by atoms with Crippen LogP contribution in [0.5, 0.6) is 0 Å². The molecule has 4 aromatic heterocycles. The Kier molecular flexibility index (Phi) is 11.4. The third-order valence-corrected chi connectivity index (χ3v) is 15.3. The molecule has 2 aliphatic carbocycles. The van der Waals surface area contributed by atoms with Crippen LogP contribution in [0.3, 0.4) is 0 Å². The fraction of sp³-hybridized carbons (Fsp3) is 0.521. The molecule has 2 bridgehead atoms. The highest BCUT2D eigenvalue weighted by Crippen LogP contribution is 2.41. The van der Waals surface area contributed by atoms with Gasteiger partial charge in [0.05, 0.1) is 36.0 Å². The lowest BCUT2D eigenvalue weighted by Crippen LogP contribution is -2.69. The summed E-state index contributed by atoms with van der Waals surface area (Å²) in [6, 6.07) is 9.34. The first-order valence-corrected chi connectivity index (χ1v) is 23.7. The maximum atomic E-state index is 15.4. The highest BCUT2D eigenvalue weighted by Gasteiger charge is 2.46. The maximum absolute atomic E-state index is 15.4. The Labute approximate surface area is 385 Å². The van der Waals surface area contributed by atoms with Crippen molar-refractivity contribution in [2.24, 2.45) is 5.92 Å². The average Bonchev–Trinajstić information content (AvgIpc) is 4.00. The average molecular weight is 920 g/mol. The van der Waals surface area contributed by atoms with E-state index in [4.69, 9.17) is 15.1 Å². The summed E-state index contributed by atoms with van der Waals surface area (Å²) in [5, 5.41) is 24.4. The number of amides is 2. The van der Waals surface area contributed by atoms with E-state index in [1.54, 1.807) is 15.6 Å². The van der Waals surface area contributed by atoms with Gasteiger partial charge in [0.2, 0.25) is 17.7 Å². The summed E-state index contributed by atoms with van der Waals surface area (Å²) < 4.78 is 62.0. The van der Waals surface area contributed by atoms with Gasteiger partial charge in [0.1, 0.15) is 34.7 Å². The van der Waals surface area contributed by atoms with Gasteiger partial charge in [-0.2, -0.15) is 15.5 Å². The number of pyridine rings is 1. The van der Waals surface area contributed by atoms with E-state index in [0.717, 1.165) is 68.7 Å². The van der Waals surface area contributed by atoms with E-state index in [9.17, 15) is 23.6 Å². The van der Waals surface area contributed by atoms with Crippen LogP contribution < -0.4 is 20.4 Å². The molecule has 1 aromatic carbocycles. The Hall–Kier alpha value is -6.13. The number of piperazine rings is 2. The van der Waals surface area contributed by atoms with E-state index in [1.807, 2.05) is 41.6 Å². The standard InChI is InChI=1S/C48H53F4N13O2/c49-38-17-33(57-40-6-8-43(66)59-47(40)67)18-39(50)46(38)61-15-13-60(14-16-61)34-2-4-35(5-3-34)64-25-32(23-55-64)41-28-65-45(31(20-53)22-56-65)44(58-41)30-1-7-42(54-21-30)62-26-36-19-37(27-62)63(36)24-29-9-11-48(51,52)12-10-29/h1,7,17-18,21-23,25,28-29,34-37,40,57H,2-6,8-16,19,24,26-27H2,(H,59,66,67)/t34-,35-,36?,37?,40?. The number of aromatic nitrogens is 6. The van der Waals surface area contributed by atoms with Crippen LogP contribution in [-0.4, -0.2) is 127 Å². The monoisotopic (exact) mass is 919 g/mol. The number of hydrogen-bond acceptors (Lipinski definition) is 12. The molecule has 15 nitrogen and oxygen atoms in total. The van der Waals surface area contributed by atoms with Crippen LogP contribution in [0.4, 0.5) is 34.8 Å². The Bertz CT molecular complexity index is 2680. The quantitative estimate of drug-likeness (QED) is 0.117. The molecule has 3 unspecified atom stereocenters. The maximum Gasteiger partial charge on any atom is 0.249 e. The van der Waals surface area contributed by atoms with Gasteiger partial charge >= 0.3 is 0 Å². The number of halogens is 4. The van der Waals surface area contributed by atoms with Crippen LogP contribution in [0.1, 0.15) is 82.2 Å². The number of hydrogen-bond donors (Lipinski definition) is 2. The summed E-state index contributed by atoms with van der Waals surface area (Å²) in [5.74, 6) is -3.53. The summed E-state index contributed by atoms with van der Waals surface area (Å²) in [7, 11) is 0. The molecule has 2 N–H and O–H groups in total. The van der Waals surface area contributed by atoms with Crippen LogP contribution in [0.15, 0.2) is 55.2 Å². The summed E-state index contributed by atoms with van der Waals surface area (Å²) in [4.78, 5) is 42.7. The summed E-state index contributed by atoms with van der Waals surface area (Å²) in [6.45, 7) is 4.93. The van der Waals surface area contributed by atoms with Crippen molar-refractivity contribution in [3.05, 3.63) is 72.4 Å². The molecule has 2 amide bonds. The Morgan fingerprint density at radius 2 is 1.55 bits per heavy atom. The molecule has 19 heteroatoms. The third kappa shape index (κ3) is 8.58. The molecule has 5 aliphatic heterocycles. The van der Waals surface area contributed by atoms with Gasteiger partial charge in [-0.05, 0) is 81.5 Å². The second-order valence-corrected chi connectivity index (χ2v) is 19.4. The Morgan fingerprint density at radius 3 is 2.24 bits per heavy atom. The van der Waals surface area contributed by atoms with Crippen molar-refractivity contribution in [1.82, 2.24) is 44.5 Å². The van der Waals surface area contributed by atoms with Crippen molar-refractivity contribution < 1.29 is 27.2 Å². The van der Waals surface area contributed by atoms with Gasteiger partial charge in [0.25, 0.3) is 0 Å². The number of piperidine rings is 2. The molecule has 12 rings (SSSR count). The van der Waals surface area contributed by atoms with Gasteiger partial charge < -0.3 is 15.1 Å². The van der Waals surface area contributed by atoms with E-state index < -0.39 is 29.5 Å². The van der Waals surface area contributed by atoms with Gasteiger partial charge in [-0.1, -0.05) is 0 Å². The first-order chi connectivity index (χ1) is 32.4. The number of imide groups is 1. The van der Waals surface area contributed by atoms with Crippen LogP contribution in [0.25, 0.3) is 28.0 Å². The normalized spacial score (nSPS) is 26.0. The van der Waals surface area contributed by atoms with Gasteiger partial charge in [-0.25, -0.2) is 32.0 Å². The molecule has 5 aromatic rings. The van der Waals surface area contributed by atoms with Crippen molar-refractivity contribution in [3.8, 4) is 28.6 Å². The number of carbonyl (C=O) groups is 2. The van der Waals surface area contributed by atoms with Gasteiger partial charge in [0.15, 0.2) is 11.6 Å². The third-order valence-electron chi connectivity index (χ3n) is 15.3. The zero-order valence-electron chi connectivity index (χ0n) is 37.1. The number of benzene rings is 1. The predicted octanol–water partition coefficient (Wildman–Crippen LogP) is 6.42. The number of nitriles is 1. The number of carbonyl (C=O) groups excluding carboxylic acids is 2. The first kappa shape index (κ1) is 43.4. The zero-order valence-corrected chi connectivity index (χ0v) is 37.1. The Balaban J connectivity index is 0.707. The fourth-order valence-electron chi connectivity index (χ4n) is 11.6. The van der Waals surface area contributed by atoms with Gasteiger partial charge in [0, 0.05) is 112 Å². The molecule has 350 valence electrons. The van der Waals surface area contributed by atoms with Crippen LogP contribution in [-0.2, 0) is 9.59 Å². The predicted molar refractivity (Wildman–Crippen MR) is 241 cm³/mol. The molecule has 7 aliphatic rings. The number of alkyl halides is 2. The minimum absolute atomic E-state index is 0.00442. The molecule has 0 radical (unpaired) electrons. The number of nitrogens with zero attached hydrogens (tertiary/aromatic N) is 11. The zero-order chi connectivity index (χ0) is 46.0. The lowest BCUT2D eigenvalue weighted by molar-refractivity contribution is -0.133. The Morgan fingerprint density at radius 1 is 0.821 bits per heavy atom. The van der Waals surface area contributed by atoms with E-state index >= 15 is 8.78 Å². The second kappa shape index (κ2) is 17.5. The van der Waals surface area contributed by atoms with E-state index in [0.29, 0.717) is 85.5 Å². The topological polar surface area (TPSA) is 156 Å². The summed E-state index contributed by atoms with van der Waals surface area (Å²) in [5.41, 5.74) is 3.99. The molecule has 3 atom stereocenters. The van der Waals surface area contributed by atoms with E-state index in [1.165, 1.54) is 12.1 Å². The molecule has 0 spiro atoms. The highest BCUT2D eigenvalue weighted by atomic mass is 19.3. The lowest BCUT2D eigenvalue weighted by atomic mass is 9.82. The summed E-state index contributed by atoms with van der Waals surface area (Å²) in [6.07, 6.45) is 15.6. The number of rotatable bonds is 10. The number of fused-ring (bicyclic) bond motifs is 3. The molecule has 9 heterocycles. The van der Waals surface area contributed by atoms with Crippen LogP contribution in [0, 0.1) is 28.9 Å². The van der Waals surface area contributed by atoms with Crippen molar-refractivity contribution in [2.45, 2.75) is 107 Å². The minimum atomic E-state index is -2.50. The largest absolute Gasteiger partial charge is 0.373 e. The smallest absolute Gasteiger partial charge is 0.249 e. The number of nitrogens with one attached hydrogen (secondary N) is 2. The molecular formula is C48H53F4N13O2. The van der Waals surface area contributed by atoms with Crippen molar-refractivity contribution in [3.63, 3.8) is 0 Å². The van der Waals surface area contributed by atoms with Crippen molar-refractivity contribution in [1.29, 1.82) is 5.26 Å². The molecule has 2 saturated carbocycles. The highest BCUT2D eigenvalue weighted by molar-refractivity contribution is 6.01. The molecule has 67 heavy (non-hydrogen) atoms. The molecular weight excluding hydrogens is 867 g/mol. The first-order valence-electron chi connectivity index (χ1n) is 23.7. The minimum Gasteiger partial charge on any atom is -0.373 e. The lowest BCUT2D eigenvalue weighted by Gasteiger charge is -2.57. The van der Waals surface area contributed by atoms with Gasteiger partial charge in [-0.3, -0.25) is 29.4 Å². The van der Waals surface area contributed by atoms with Crippen LogP contribution in [0.2, 0.25) is 0 Å². The van der Waals surface area contributed by atoms with Crippen molar-refractivity contribution >= 4 is 34.5 Å². The van der Waals surface area contributed by atoms with Gasteiger partial charge in [-0.15, -0.1) is 0 Å². The summed E-state index contributed by atoms with van der Waals surface area (Å²) >= 11 is 0.